The van der Waals surface area contributed by atoms with E-state index in [-0.39, 0.29) is 11.3 Å². The number of carbonyl (C=O) groups is 1. The van der Waals surface area contributed by atoms with Crippen molar-refractivity contribution in [2.75, 3.05) is 6.54 Å². The van der Waals surface area contributed by atoms with Crippen molar-refractivity contribution in [1.82, 2.24) is 15.6 Å². The fraction of sp³-hybridized carbons (Fsp3) is 0.583. The molecule has 5 nitrogen and oxygen atoms in total. The number of aromatic nitrogens is 1. The zero-order valence-corrected chi connectivity index (χ0v) is 11.9. The number of thiazole rings is 1. The third-order valence-corrected chi connectivity index (χ3v) is 3.85. The minimum absolute atomic E-state index is 0.0122. The zero-order chi connectivity index (χ0) is 13.3. The highest BCUT2D eigenvalue weighted by molar-refractivity contribution is 7.09. The van der Waals surface area contributed by atoms with Crippen LogP contribution in [0.15, 0.2) is 10.4 Å². The van der Waals surface area contributed by atoms with E-state index in [2.05, 4.69) is 41.4 Å². The third-order valence-electron chi connectivity index (χ3n) is 2.56. The van der Waals surface area contributed by atoms with Crippen LogP contribution in [0.1, 0.15) is 44.4 Å². The maximum atomic E-state index is 11.8. The molecule has 0 bridgehead atoms. The summed E-state index contributed by atoms with van der Waals surface area (Å²) in [4.78, 5) is 20.5. The van der Waals surface area contributed by atoms with Gasteiger partial charge in [0.2, 0.25) is 0 Å². The van der Waals surface area contributed by atoms with E-state index < -0.39 is 6.04 Å². The van der Waals surface area contributed by atoms with Crippen molar-refractivity contribution in [3.63, 3.8) is 0 Å². The highest BCUT2D eigenvalue weighted by atomic mass is 32.1. The molecule has 6 heteroatoms. The van der Waals surface area contributed by atoms with Crippen molar-refractivity contribution in [2.45, 2.75) is 39.2 Å². The summed E-state index contributed by atoms with van der Waals surface area (Å²) in [6, 6.07) is -0.414. The molecular formula is C12H18N4OS. The highest BCUT2D eigenvalue weighted by Crippen LogP contribution is 2.28. The minimum atomic E-state index is -0.414. The summed E-state index contributed by atoms with van der Waals surface area (Å²) in [5, 5.41) is 8.74. The Labute approximate surface area is 111 Å². The van der Waals surface area contributed by atoms with Crippen LogP contribution in [0.25, 0.3) is 0 Å². The molecular weight excluding hydrogens is 248 g/mol. The van der Waals surface area contributed by atoms with Gasteiger partial charge in [-0.05, 0) is 6.92 Å². The first-order valence-electron chi connectivity index (χ1n) is 5.99. The van der Waals surface area contributed by atoms with Gasteiger partial charge in [0.25, 0.3) is 5.91 Å². The van der Waals surface area contributed by atoms with Gasteiger partial charge in [-0.25, -0.2) is 4.98 Å². The molecule has 1 fully saturated rings. The average molecular weight is 266 g/mol. The van der Waals surface area contributed by atoms with E-state index in [4.69, 9.17) is 0 Å². The predicted octanol–water partition coefficient (Wildman–Crippen LogP) is 1.58. The summed E-state index contributed by atoms with van der Waals surface area (Å²) in [5.41, 5.74) is 0.780. The number of hydrogen-bond donors (Lipinski definition) is 2. The molecule has 1 aliphatic rings. The molecule has 0 saturated carbocycles. The van der Waals surface area contributed by atoms with Crippen LogP contribution in [0.4, 0.5) is 0 Å². The minimum Gasteiger partial charge on any atom is -0.339 e. The highest BCUT2D eigenvalue weighted by Gasteiger charge is 2.32. The van der Waals surface area contributed by atoms with Crippen LogP contribution in [-0.2, 0) is 10.2 Å². The molecule has 2 heterocycles. The van der Waals surface area contributed by atoms with Crippen molar-refractivity contribution >= 4 is 23.2 Å². The Kier molecular flexibility index (Phi) is 3.38. The van der Waals surface area contributed by atoms with Crippen LogP contribution in [0.5, 0.6) is 0 Å². The summed E-state index contributed by atoms with van der Waals surface area (Å²) < 4.78 is 0. The molecule has 0 radical (unpaired) electrons. The molecule has 1 aliphatic heterocycles. The third kappa shape index (κ3) is 2.53. The summed E-state index contributed by atoms with van der Waals surface area (Å²) >= 11 is 1.59. The van der Waals surface area contributed by atoms with Crippen LogP contribution >= 0.6 is 11.3 Å². The van der Waals surface area contributed by atoms with Gasteiger partial charge in [0.1, 0.15) is 0 Å². The number of nitrogens with zero attached hydrogens (tertiary/aromatic N) is 2. The molecule has 0 spiro atoms. The fourth-order valence-corrected chi connectivity index (χ4v) is 2.57. The van der Waals surface area contributed by atoms with Gasteiger partial charge in [-0.3, -0.25) is 15.1 Å². The monoisotopic (exact) mass is 266 g/mol. The normalized spacial score (nSPS) is 22.1. The molecule has 18 heavy (non-hydrogen) atoms. The van der Waals surface area contributed by atoms with E-state index in [1.54, 1.807) is 11.3 Å². The maximum Gasteiger partial charge on any atom is 0.255 e. The molecule has 98 valence electrons. The summed E-state index contributed by atoms with van der Waals surface area (Å²) in [7, 11) is 0. The van der Waals surface area contributed by atoms with Crippen molar-refractivity contribution in [3.05, 3.63) is 16.1 Å². The van der Waals surface area contributed by atoms with Crippen molar-refractivity contribution < 1.29 is 4.79 Å². The Morgan fingerprint density at radius 1 is 1.50 bits per heavy atom. The lowest BCUT2D eigenvalue weighted by Crippen LogP contribution is -2.25. The maximum absolute atomic E-state index is 11.8. The predicted molar refractivity (Wildman–Crippen MR) is 72.8 cm³/mol. The Balaban J connectivity index is 2.20. The molecule has 2 rings (SSSR count). The first-order chi connectivity index (χ1) is 8.41. The molecule has 1 unspecified atom stereocenters. The van der Waals surface area contributed by atoms with E-state index in [0.29, 0.717) is 12.5 Å². The summed E-state index contributed by atoms with van der Waals surface area (Å²) in [6.45, 7) is 8.90. The summed E-state index contributed by atoms with van der Waals surface area (Å²) in [6.07, 6.45) is 0. The van der Waals surface area contributed by atoms with Crippen LogP contribution in [-0.4, -0.2) is 23.4 Å². The zero-order valence-electron chi connectivity index (χ0n) is 11.1. The molecule has 0 aromatic carbocycles. The van der Waals surface area contributed by atoms with Crippen LogP contribution in [0, 0.1) is 0 Å². The van der Waals surface area contributed by atoms with Crippen molar-refractivity contribution in [3.8, 4) is 0 Å². The van der Waals surface area contributed by atoms with Gasteiger partial charge in [0.15, 0.2) is 12.0 Å². The number of guanidine groups is 1. The first kappa shape index (κ1) is 13.0. The van der Waals surface area contributed by atoms with E-state index in [9.17, 15) is 4.79 Å². The van der Waals surface area contributed by atoms with Crippen LogP contribution in [0.2, 0.25) is 0 Å². The second-order valence-corrected chi connectivity index (χ2v) is 6.08. The van der Waals surface area contributed by atoms with Gasteiger partial charge in [-0.15, -0.1) is 11.3 Å². The molecule has 1 amide bonds. The Hall–Kier alpha value is -1.43. The Morgan fingerprint density at radius 3 is 2.78 bits per heavy atom. The molecule has 1 aromatic rings. The van der Waals surface area contributed by atoms with Crippen molar-refractivity contribution in [2.24, 2.45) is 4.99 Å². The molecule has 1 atom stereocenters. The van der Waals surface area contributed by atoms with Gasteiger partial charge < -0.3 is 5.32 Å². The SMILES string of the molecule is CCN=C1NC(=O)C(c2csc(C(C)(C)C)n2)N1. The average Bonchev–Trinajstić information content (AvgIpc) is 2.84. The Morgan fingerprint density at radius 2 is 2.22 bits per heavy atom. The topological polar surface area (TPSA) is 66.4 Å². The van der Waals surface area contributed by atoms with Gasteiger partial charge in [-0.2, -0.15) is 0 Å². The van der Waals surface area contributed by atoms with Gasteiger partial charge in [0, 0.05) is 17.3 Å². The summed E-state index contributed by atoms with van der Waals surface area (Å²) in [5.74, 6) is 0.450. The molecule has 1 saturated heterocycles. The lowest BCUT2D eigenvalue weighted by molar-refractivity contribution is -0.120. The van der Waals surface area contributed by atoms with Gasteiger partial charge in [-0.1, -0.05) is 20.8 Å². The number of rotatable bonds is 2. The first-order valence-corrected chi connectivity index (χ1v) is 6.87. The van der Waals surface area contributed by atoms with E-state index in [0.717, 1.165) is 10.7 Å². The molecule has 0 aliphatic carbocycles. The van der Waals surface area contributed by atoms with Gasteiger partial charge >= 0.3 is 0 Å². The van der Waals surface area contributed by atoms with E-state index >= 15 is 0 Å². The number of amides is 1. The number of carbonyl (C=O) groups excluding carboxylic acids is 1. The Bertz CT molecular complexity index is 487. The van der Waals surface area contributed by atoms with E-state index in [1.165, 1.54) is 0 Å². The number of aliphatic imine (C=N–C) groups is 1. The second-order valence-electron chi connectivity index (χ2n) is 5.22. The molecule has 2 N–H and O–H groups in total. The standard InChI is InChI=1S/C12H18N4OS/c1-5-13-11-15-8(9(17)16-11)7-6-18-10(14-7)12(2,3)4/h6,8H,5H2,1-4H3,(H2,13,15,16,17). The lowest BCUT2D eigenvalue weighted by atomic mass is 9.98. The van der Waals surface area contributed by atoms with Gasteiger partial charge in [0.05, 0.1) is 10.7 Å². The quantitative estimate of drug-likeness (QED) is 0.854. The van der Waals surface area contributed by atoms with Crippen LogP contribution in [0.3, 0.4) is 0 Å². The fourth-order valence-electron chi connectivity index (χ4n) is 1.64. The van der Waals surface area contributed by atoms with Crippen LogP contribution < -0.4 is 10.6 Å². The van der Waals surface area contributed by atoms with Crippen molar-refractivity contribution in [1.29, 1.82) is 0 Å². The smallest absolute Gasteiger partial charge is 0.255 e. The number of hydrogen-bond acceptors (Lipinski definition) is 4. The lowest BCUT2D eigenvalue weighted by Gasteiger charge is -2.13. The van der Waals surface area contributed by atoms with E-state index in [1.807, 2.05) is 12.3 Å². The number of nitrogens with one attached hydrogen (secondary N) is 2. The largest absolute Gasteiger partial charge is 0.339 e. The molecule has 1 aromatic heterocycles. The second kappa shape index (κ2) is 4.68.